The van der Waals surface area contributed by atoms with E-state index in [-0.39, 0.29) is 17.2 Å². The quantitative estimate of drug-likeness (QED) is 0.677. The minimum absolute atomic E-state index is 0.155. The summed E-state index contributed by atoms with van der Waals surface area (Å²) in [6, 6.07) is 5.18. The van der Waals surface area contributed by atoms with Crippen LogP contribution in [-0.2, 0) is 6.18 Å². The lowest BCUT2D eigenvalue weighted by Crippen LogP contribution is -2.47. The van der Waals surface area contributed by atoms with Gasteiger partial charge in [0.15, 0.2) is 0 Å². The molecule has 1 fully saturated rings. The largest absolute Gasteiger partial charge is 0.507 e. The number of piperidine rings is 1. The lowest BCUT2D eigenvalue weighted by atomic mass is 10.0. The number of hydrogen-bond donors (Lipinski definition) is 3. The second-order valence-corrected chi connectivity index (χ2v) is 8.52. The van der Waals surface area contributed by atoms with Crippen molar-refractivity contribution in [2.24, 2.45) is 0 Å². The highest BCUT2D eigenvalue weighted by molar-refractivity contribution is 5.71. The van der Waals surface area contributed by atoms with Crippen LogP contribution in [0.15, 0.2) is 24.3 Å². The summed E-state index contributed by atoms with van der Waals surface area (Å²) in [6.45, 7) is 7.35. The van der Waals surface area contributed by atoms with Crippen LogP contribution in [0, 0.1) is 6.92 Å². The van der Waals surface area contributed by atoms with Gasteiger partial charge in [0.05, 0.1) is 16.9 Å². The summed E-state index contributed by atoms with van der Waals surface area (Å²) in [4.78, 5) is 2.20. The number of anilines is 1. The van der Waals surface area contributed by atoms with Crippen molar-refractivity contribution in [2.45, 2.75) is 51.4 Å². The van der Waals surface area contributed by atoms with E-state index in [1.54, 1.807) is 26.0 Å². The van der Waals surface area contributed by atoms with Crippen molar-refractivity contribution in [1.82, 2.24) is 15.1 Å². The topological polar surface area (TPSA) is 81.5 Å². The molecule has 1 atom stereocenters. The van der Waals surface area contributed by atoms with E-state index in [4.69, 9.17) is 0 Å². The minimum atomic E-state index is -4.53. The number of phenolic OH excluding ortho intramolecular Hbond substituents is 1. The minimum Gasteiger partial charge on any atom is -0.507 e. The molecular formula is C21H27F3N4O2. The molecule has 0 amide bonds. The zero-order chi connectivity index (χ0) is 22.1. The maximum Gasteiger partial charge on any atom is 0.416 e. The van der Waals surface area contributed by atoms with Gasteiger partial charge in [0.2, 0.25) is 0 Å². The number of nitrogens with zero attached hydrogens (tertiary/aromatic N) is 3. The Morgan fingerprint density at radius 3 is 2.50 bits per heavy atom. The lowest BCUT2D eigenvalue weighted by molar-refractivity contribution is -0.137. The number of hydrogen-bond acceptors (Lipinski definition) is 6. The summed E-state index contributed by atoms with van der Waals surface area (Å²) in [5, 5.41) is 31.7. The van der Waals surface area contributed by atoms with Crippen LogP contribution in [0.25, 0.3) is 11.3 Å². The Labute approximate surface area is 173 Å². The summed E-state index contributed by atoms with van der Waals surface area (Å²) >= 11 is 0. The standard InChI is InChI=1S/C21H27F3N4O2/c1-13-9-14(21(22,23)24)10-17(29)19(13)16-6-7-18(27-26-16)25-15-5-4-8-28(11-15)12-20(2,3)30/h6-7,9-10,15,29-30H,4-5,8,11-12H2,1-3H3,(H,25,27)/t15-/m0/s1. The number of benzene rings is 1. The number of rotatable bonds is 5. The first kappa shape index (κ1) is 22.3. The van der Waals surface area contributed by atoms with Crippen molar-refractivity contribution in [2.75, 3.05) is 25.0 Å². The summed E-state index contributed by atoms with van der Waals surface area (Å²) in [5.74, 6) is 0.0739. The molecule has 1 aromatic carbocycles. The Balaban J connectivity index is 1.71. The van der Waals surface area contributed by atoms with E-state index in [1.807, 2.05) is 0 Å². The molecule has 0 aliphatic carbocycles. The molecule has 0 unspecified atom stereocenters. The fraction of sp³-hybridized carbons (Fsp3) is 0.524. The zero-order valence-electron chi connectivity index (χ0n) is 17.3. The van der Waals surface area contributed by atoms with Crippen LogP contribution in [0.2, 0.25) is 0 Å². The maximum atomic E-state index is 12.9. The monoisotopic (exact) mass is 424 g/mol. The Kier molecular flexibility index (Phi) is 6.24. The smallest absolute Gasteiger partial charge is 0.416 e. The fourth-order valence-corrected chi connectivity index (χ4v) is 3.88. The number of aliphatic hydroxyl groups is 1. The van der Waals surface area contributed by atoms with E-state index in [2.05, 4.69) is 20.4 Å². The molecule has 1 aromatic heterocycles. The van der Waals surface area contributed by atoms with Crippen molar-refractivity contribution >= 4 is 5.82 Å². The summed E-state index contributed by atoms with van der Waals surface area (Å²) in [5.41, 5.74) is -0.856. The van der Waals surface area contributed by atoms with Crippen molar-refractivity contribution in [3.63, 3.8) is 0 Å². The molecule has 0 spiro atoms. The van der Waals surface area contributed by atoms with Crippen LogP contribution in [-0.4, -0.2) is 56.6 Å². The van der Waals surface area contributed by atoms with Gasteiger partial charge in [0, 0.05) is 24.7 Å². The third-order valence-electron chi connectivity index (χ3n) is 5.03. The normalized spacial score (nSPS) is 18.4. The average Bonchev–Trinajstić information content (AvgIpc) is 2.60. The molecular weight excluding hydrogens is 397 g/mol. The molecule has 6 nitrogen and oxygen atoms in total. The number of halogens is 3. The molecule has 0 radical (unpaired) electrons. The predicted molar refractivity (Wildman–Crippen MR) is 108 cm³/mol. The van der Waals surface area contributed by atoms with Gasteiger partial charge in [-0.25, -0.2) is 0 Å². The Morgan fingerprint density at radius 2 is 1.93 bits per heavy atom. The second kappa shape index (κ2) is 8.39. The lowest BCUT2D eigenvalue weighted by Gasteiger charge is -2.36. The van der Waals surface area contributed by atoms with Crippen LogP contribution in [0.4, 0.5) is 19.0 Å². The van der Waals surface area contributed by atoms with Crippen molar-refractivity contribution < 1.29 is 23.4 Å². The number of phenols is 1. The molecule has 0 saturated carbocycles. The van der Waals surface area contributed by atoms with E-state index in [9.17, 15) is 23.4 Å². The third kappa shape index (κ3) is 5.60. The van der Waals surface area contributed by atoms with Gasteiger partial charge in [0.25, 0.3) is 0 Å². The van der Waals surface area contributed by atoms with Crippen molar-refractivity contribution in [3.05, 3.63) is 35.4 Å². The highest BCUT2D eigenvalue weighted by Gasteiger charge is 2.32. The van der Waals surface area contributed by atoms with E-state index in [0.29, 0.717) is 24.1 Å². The Hall–Kier alpha value is -2.39. The van der Waals surface area contributed by atoms with Crippen LogP contribution in [0.5, 0.6) is 5.75 Å². The number of alkyl halides is 3. The number of aromatic nitrogens is 2. The van der Waals surface area contributed by atoms with Crippen LogP contribution in [0.1, 0.15) is 37.8 Å². The second-order valence-electron chi connectivity index (χ2n) is 8.52. The Morgan fingerprint density at radius 1 is 1.20 bits per heavy atom. The number of aromatic hydroxyl groups is 1. The molecule has 1 aliphatic heterocycles. The molecule has 2 aromatic rings. The van der Waals surface area contributed by atoms with Gasteiger partial charge >= 0.3 is 6.18 Å². The highest BCUT2D eigenvalue weighted by Crippen LogP contribution is 2.38. The number of aryl methyl sites for hydroxylation is 1. The van der Waals surface area contributed by atoms with E-state index < -0.39 is 23.1 Å². The molecule has 9 heteroatoms. The van der Waals surface area contributed by atoms with E-state index in [1.165, 1.54) is 6.92 Å². The molecule has 0 bridgehead atoms. The number of β-amino-alcohol motifs (C(OH)–C–C–N with tert-alkyl or cyclic N) is 1. The SMILES string of the molecule is Cc1cc(C(F)(F)F)cc(O)c1-c1ccc(N[C@H]2CCCN(CC(C)(C)O)C2)nn1. The average molecular weight is 424 g/mol. The predicted octanol–water partition coefficient (Wildman–Crippen LogP) is 3.82. The van der Waals surface area contributed by atoms with Gasteiger partial charge in [0.1, 0.15) is 11.6 Å². The van der Waals surface area contributed by atoms with Gasteiger partial charge in [-0.2, -0.15) is 13.2 Å². The van der Waals surface area contributed by atoms with Crippen LogP contribution < -0.4 is 5.32 Å². The molecule has 3 rings (SSSR count). The molecule has 1 saturated heterocycles. The van der Waals surface area contributed by atoms with Gasteiger partial charge < -0.3 is 15.5 Å². The van der Waals surface area contributed by atoms with Gasteiger partial charge in [-0.1, -0.05) is 0 Å². The molecule has 30 heavy (non-hydrogen) atoms. The summed E-state index contributed by atoms with van der Waals surface area (Å²) < 4.78 is 38.7. The fourth-order valence-electron chi connectivity index (χ4n) is 3.88. The van der Waals surface area contributed by atoms with Crippen molar-refractivity contribution in [1.29, 1.82) is 0 Å². The molecule has 2 heterocycles. The van der Waals surface area contributed by atoms with E-state index >= 15 is 0 Å². The molecule has 164 valence electrons. The van der Waals surface area contributed by atoms with Crippen molar-refractivity contribution in [3.8, 4) is 17.0 Å². The number of likely N-dealkylation sites (tertiary alicyclic amines) is 1. The summed E-state index contributed by atoms with van der Waals surface area (Å²) in [7, 11) is 0. The van der Waals surface area contributed by atoms with Gasteiger partial charge in [-0.05, 0) is 70.0 Å². The van der Waals surface area contributed by atoms with Gasteiger partial charge in [-0.15, -0.1) is 10.2 Å². The first-order valence-electron chi connectivity index (χ1n) is 9.88. The first-order chi connectivity index (χ1) is 13.9. The zero-order valence-corrected chi connectivity index (χ0v) is 17.3. The van der Waals surface area contributed by atoms with Gasteiger partial charge in [-0.3, -0.25) is 4.90 Å². The maximum absolute atomic E-state index is 12.9. The van der Waals surface area contributed by atoms with Crippen LogP contribution >= 0.6 is 0 Å². The number of nitrogens with one attached hydrogen (secondary N) is 1. The summed E-state index contributed by atoms with van der Waals surface area (Å²) in [6.07, 6.45) is -2.57. The highest BCUT2D eigenvalue weighted by atomic mass is 19.4. The molecule has 3 N–H and O–H groups in total. The van der Waals surface area contributed by atoms with E-state index in [0.717, 1.165) is 32.0 Å². The Bertz CT molecular complexity index is 856. The van der Waals surface area contributed by atoms with Crippen LogP contribution in [0.3, 0.4) is 0 Å². The first-order valence-corrected chi connectivity index (χ1v) is 9.88. The third-order valence-corrected chi connectivity index (χ3v) is 5.03. The molecule has 1 aliphatic rings.